The molecule has 2 aromatic rings. The van der Waals surface area contributed by atoms with E-state index in [2.05, 4.69) is 0 Å². The molecule has 0 spiro atoms. The molecule has 2 rings (SSSR count). The van der Waals surface area contributed by atoms with Crippen molar-refractivity contribution in [2.75, 3.05) is 13.2 Å². The fourth-order valence-corrected chi connectivity index (χ4v) is 1.87. The van der Waals surface area contributed by atoms with Crippen molar-refractivity contribution < 1.29 is 9.15 Å². The van der Waals surface area contributed by atoms with E-state index in [-0.39, 0.29) is 5.92 Å². The molecule has 1 heterocycles. The van der Waals surface area contributed by atoms with Crippen molar-refractivity contribution >= 4 is 11.6 Å². The maximum absolute atomic E-state index is 5.75. The van der Waals surface area contributed by atoms with Crippen LogP contribution in [0, 0.1) is 6.92 Å². The van der Waals surface area contributed by atoms with Gasteiger partial charge in [0.1, 0.15) is 11.5 Å². The van der Waals surface area contributed by atoms with E-state index in [0.29, 0.717) is 18.4 Å². The summed E-state index contributed by atoms with van der Waals surface area (Å²) in [6.07, 6.45) is 0. The number of hydrogen-bond acceptors (Lipinski definition) is 3. The first-order chi connectivity index (χ1) is 8.69. The van der Waals surface area contributed by atoms with Gasteiger partial charge in [0.25, 0.3) is 0 Å². The third kappa shape index (κ3) is 3.28. The highest BCUT2D eigenvalue weighted by Crippen LogP contribution is 2.22. The van der Waals surface area contributed by atoms with Crippen molar-refractivity contribution in [2.45, 2.75) is 12.8 Å². The topological polar surface area (TPSA) is 48.4 Å². The predicted octanol–water partition coefficient (Wildman–Crippen LogP) is 3.36. The van der Waals surface area contributed by atoms with E-state index < -0.39 is 0 Å². The minimum absolute atomic E-state index is 0.0120. The molecule has 0 saturated heterocycles. The molecular formula is C14H16ClNO2. The lowest BCUT2D eigenvalue weighted by molar-refractivity contribution is 0.272. The zero-order valence-corrected chi connectivity index (χ0v) is 11.0. The maximum Gasteiger partial charge on any atom is 0.193 e. The minimum atomic E-state index is 0.0120. The molecule has 0 bridgehead atoms. The SMILES string of the molecule is Cc1cccc(OCC(CN)c2ccc(Cl)o2)c1. The second-order valence-electron chi connectivity index (χ2n) is 4.20. The van der Waals surface area contributed by atoms with Crippen LogP contribution in [0.4, 0.5) is 0 Å². The molecule has 96 valence electrons. The van der Waals surface area contributed by atoms with Gasteiger partial charge in [-0.25, -0.2) is 0 Å². The first-order valence-corrected chi connectivity index (χ1v) is 6.21. The summed E-state index contributed by atoms with van der Waals surface area (Å²) in [6, 6.07) is 11.5. The van der Waals surface area contributed by atoms with Crippen LogP contribution in [0.5, 0.6) is 5.75 Å². The quantitative estimate of drug-likeness (QED) is 0.902. The van der Waals surface area contributed by atoms with E-state index in [1.165, 1.54) is 0 Å². The summed E-state index contributed by atoms with van der Waals surface area (Å²) >= 11 is 5.75. The summed E-state index contributed by atoms with van der Waals surface area (Å²) < 4.78 is 11.1. The van der Waals surface area contributed by atoms with Crippen molar-refractivity contribution in [3.63, 3.8) is 0 Å². The molecule has 1 aromatic heterocycles. The Morgan fingerprint density at radius 2 is 2.17 bits per heavy atom. The van der Waals surface area contributed by atoms with Crippen molar-refractivity contribution in [1.29, 1.82) is 0 Å². The van der Waals surface area contributed by atoms with Gasteiger partial charge in [0.05, 0.1) is 12.5 Å². The van der Waals surface area contributed by atoms with Gasteiger partial charge in [0.15, 0.2) is 5.22 Å². The van der Waals surface area contributed by atoms with Gasteiger partial charge in [-0.15, -0.1) is 0 Å². The van der Waals surface area contributed by atoms with Gasteiger partial charge in [-0.1, -0.05) is 12.1 Å². The van der Waals surface area contributed by atoms with Gasteiger partial charge < -0.3 is 14.9 Å². The van der Waals surface area contributed by atoms with Crippen LogP contribution in [0.3, 0.4) is 0 Å². The van der Waals surface area contributed by atoms with E-state index >= 15 is 0 Å². The number of benzene rings is 1. The van der Waals surface area contributed by atoms with Crippen LogP contribution in [0.1, 0.15) is 17.2 Å². The molecule has 0 radical (unpaired) electrons. The number of rotatable bonds is 5. The van der Waals surface area contributed by atoms with Crippen LogP contribution in [-0.2, 0) is 0 Å². The van der Waals surface area contributed by atoms with E-state index in [9.17, 15) is 0 Å². The summed E-state index contributed by atoms with van der Waals surface area (Å²) in [5, 5.41) is 0.374. The van der Waals surface area contributed by atoms with Crippen molar-refractivity contribution in [3.8, 4) is 5.75 Å². The molecule has 1 atom stereocenters. The normalized spacial score (nSPS) is 12.4. The van der Waals surface area contributed by atoms with Crippen LogP contribution in [0.2, 0.25) is 5.22 Å². The Morgan fingerprint density at radius 3 is 2.78 bits per heavy atom. The second kappa shape index (κ2) is 5.94. The van der Waals surface area contributed by atoms with Gasteiger partial charge >= 0.3 is 0 Å². The molecule has 3 nitrogen and oxygen atoms in total. The van der Waals surface area contributed by atoms with E-state index in [4.69, 9.17) is 26.5 Å². The maximum atomic E-state index is 5.75. The smallest absolute Gasteiger partial charge is 0.193 e. The van der Waals surface area contributed by atoms with Crippen LogP contribution in [-0.4, -0.2) is 13.2 Å². The lowest BCUT2D eigenvalue weighted by atomic mass is 10.1. The zero-order chi connectivity index (χ0) is 13.0. The largest absolute Gasteiger partial charge is 0.493 e. The molecule has 0 aliphatic heterocycles. The van der Waals surface area contributed by atoms with Gasteiger partial charge in [0.2, 0.25) is 0 Å². The zero-order valence-electron chi connectivity index (χ0n) is 10.2. The fourth-order valence-electron chi connectivity index (χ4n) is 1.72. The summed E-state index contributed by atoms with van der Waals surface area (Å²) in [5.74, 6) is 1.61. The molecule has 1 unspecified atom stereocenters. The second-order valence-corrected chi connectivity index (χ2v) is 4.57. The molecule has 0 amide bonds. The number of hydrogen-bond donors (Lipinski definition) is 1. The van der Waals surface area contributed by atoms with Gasteiger partial charge in [-0.05, 0) is 48.4 Å². The Labute approximate surface area is 111 Å². The van der Waals surface area contributed by atoms with Gasteiger partial charge in [-0.3, -0.25) is 0 Å². The number of halogens is 1. The van der Waals surface area contributed by atoms with Crippen LogP contribution >= 0.6 is 11.6 Å². The monoisotopic (exact) mass is 265 g/mol. The summed E-state index contributed by atoms with van der Waals surface area (Å²) in [4.78, 5) is 0. The molecule has 0 fully saturated rings. The lowest BCUT2D eigenvalue weighted by Gasteiger charge is -2.13. The van der Waals surface area contributed by atoms with Gasteiger partial charge in [-0.2, -0.15) is 0 Å². The predicted molar refractivity (Wildman–Crippen MR) is 72.2 cm³/mol. The first kappa shape index (κ1) is 13.0. The average molecular weight is 266 g/mol. The third-order valence-electron chi connectivity index (χ3n) is 2.72. The minimum Gasteiger partial charge on any atom is -0.493 e. The van der Waals surface area contributed by atoms with Crippen molar-refractivity contribution in [2.24, 2.45) is 5.73 Å². The Hall–Kier alpha value is -1.45. The summed E-state index contributed by atoms with van der Waals surface area (Å²) in [6.45, 7) is 2.96. The van der Waals surface area contributed by atoms with Crippen LogP contribution in [0.25, 0.3) is 0 Å². The van der Waals surface area contributed by atoms with E-state index in [0.717, 1.165) is 17.1 Å². The number of nitrogens with two attached hydrogens (primary N) is 1. The Morgan fingerprint density at radius 1 is 1.33 bits per heavy atom. The van der Waals surface area contributed by atoms with E-state index in [1.807, 2.05) is 37.3 Å². The summed E-state index contributed by atoms with van der Waals surface area (Å²) in [7, 11) is 0. The molecule has 2 N–H and O–H groups in total. The lowest BCUT2D eigenvalue weighted by Crippen LogP contribution is -2.19. The highest BCUT2D eigenvalue weighted by Gasteiger charge is 2.14. The average Bonchev–Trinajstić information content (AvgIpc) is 2.77. The molecule has 18 heavy (non-hydrogen) atoms. The standard InChI is InChI=1S/C14H16ClNO2/c1-10-3-2-4-12(7-10)17-9-11(8-16)13-5-6-14(15)18-13/h2-7,11H,8-9,16H2,1H3. The number of aryl methyl sites for hydroxylation is 1. The van der Waals surface area contributed by atoms with Crippen molar-refractivity contribution in [1.82, 2.24) is 0 Å². The Kier molecular flexibility index (Phi) is 4.28. The summed E-state index contributed by atoms with van der Waals surface area (Å²) in [5.41, 5.74) is 6.89. The number of ether oxygens (including phenoxy) is 1. The molecule has 0 saturated carbocycles. The number of furan rings is 1. The van der Waals surface area contributed by atoms with Crippen LogP contribution in [0.15, 0.2) is 40.8 Å². The van der Waals surface area contributed by atoms with Crippen LogP contribution < -0.4 is 10.5 Å². The fraction of sp³-hybridized carbons (Fsp3) is 0.286. The van der Waals surface area contributed by atoms with Crippen molar-refractivity contribution in [3.05, 3.63) is 52.9 Å². The molecule has 1 aromatic carbocycles. The highest BCUT2D eigenvalue weighted by molar-refractivity contribution is 6.28. The first-order valence-electron chi connectivity index (χ1n) is 5.84. The molecule has 4 heteroatoms. The van der Waals surface area contributed by atoms with Gasteiger partial charge in [0, 0.05) is 6.54 Å². The molecule has 0 aliphatic carbocycles. The Balaban J connectivity index is 1.99. The molecular weight excluding hydrogens is 250 g/mol. The Bertz CT molecular complexity index is 510. The highest BCUT2D eigenvalue weighted by atomic mass is 35.5. The molecule has 0 aliphatic rings. The van der Waals surface area contributed by atoms with E-state index in [1.54, 1.807) is 6.07 Å². The third-order valence-corrected chi connectivity index (χ3v) is 2.92.